The number of carbonyl (C=O) groups is 3. The molecule has 5 heteroatoms. The fourth-order valence-corrected chi connectivity index (χ4v) is 4.02. The summed E-state index contributed by atoms with van der Waals surface area (Å²) in [5.41, 5.74) is 2.24. The van der Waals surface area contributed by atoms with Crippen LogP contribution in [-0.2, 0) is 20.9 Å². The van der Waals surface area contributed by atoms with Gasteiger partial charge in [-0.25, -0.2) is 0 Å². The van der Waals surface area contributed by atoms with Gasteiger partial charge in [0, 0.05) is 24.9 Å². The highest BCUT2D eigenvalue weighted by atomic mass is 16.2. The molecular weight excluding hydrogens is 316 g/mol. The molecule has 1 aromatic rings. The van der Waals surface area contributed by atoms with Crippen molar-refractivity contribution in [3.63, 3.8) is 0 Å². The predicted octanol–water partition coefficient (Wildman–Crippen LogP) is 2.22. The minimum Gasteiger partial charge on any atom is -0.352 e. The van der Waals surface area contributed by atoms with Gasteiger partial charge in [0.15, 0.2) is 0 Å². The average molecular weight is 342 g/mol. The minimum atomic E-state index is -0.302. The third-order valence-electron chi connectivity index (χ3n) is 5.50. The quantitative estimate of drug-likeness (QED) is 0.835. The maximum Gasteiger partial charge on any atom is 0.227 e. The number of carbonyl (C=O) groups excluding carboxylic acids is 3. The zero-order valence-corrected chi connectivity index (χ0v) is 14.7. The first-order valence-corrected chi connectivity index (χ1v) is 9.19. The highest BCUT2D eigenvalue weighted by Crippen LogP contribution is 2.35. The maximum atomic E-state index is 12.8. The topological polar surface area (TPSA) is 66.5 Å². The molecule has 1 saturated heterocycles. The molecule has 0 aromatic heterocycles. The van der Waals surface area contributed by atoms with Crippen LogP contribution in [-0.4, -0.2) is 35.6 Å². The zero-order valence-electron chi connectivity index (χ0n) is 14.7. The van der Waals surface area contributed by atoms with Crippen LogP contribution in [0.4, 0.5) is 0 Å². The second kappa shape index (κ2) is 7.81. The molecule has 1 N–H and O–H groups in total. The van der Waals surface area contributed by atoms with Crippen molar-refractivity contribution in [1.82, 2.24) is 10.2 Å². The number of rotatable bonds is 5. The standard InChI is InChI=1S/C20H26N2O3/c1-14-7-9-15(10-8-14)12-21-19(24)17-5-2-6-18(17)20(25)22-11-3-4-16(22)13-23/h7-10,13,16-18H,2-6,11-12H2,1H3,(H,21,24). The van der Waals surface area contributed by atoms with Crippen molar-refractivity contribution in [3.8, 4) is 0 Å². The number of aryl methyl sites for hydroxylation is 1. The first kappa shape index (κ1) is 17.6. The Morgan fingerprint density at radius 3 is 2.56 bits per heavy atom. The molecule has 2 fully saturated rings. The smallest absolute Gasteiger partial charge is 0.227 e. The van der Waals surface area contributed by atoms with E-state index in [2.05, 4.69) is 5.32 Å². The van der Waals surface area contributed by atoms with Crippen LogP contribution in [0.3, 0.4) is 0 Å². The Bertz CT molecular complexity index is 641. The lowest BCUT2D eigenvalue weighted by Gasteiger charge is -2.27. The van der Waals surface area contributed by atoms with E-state index in [4.69, 9.17) is 0 Å². The number of nitrogens with zero attached hydrogens (tertiary/aromatic N) is 1. The molecule has 2 aliphatic rings. The van der Waals surface area contributed by atoms with Gasteiger partial charge in [0.05, 0.1) is 6.04 Å². The average Bonchev–Trinajstić information content (AvgIpc) is 3.29. The fourth-order valence-electron chi connectivity index (χ4n) is 4.02. The lowest BCUT2D eigenvalue weighted by atomic mass is 9.93. The molecule has 0 radical (unpaired) electrons. The van der Waals surface area contributed by atoms with E-state index < -0.39 is 0 Å². The third-order valence-corrected chi connectivity index (χ3v) is 5.50. The third kappa shape index (κ3) is 3.91. The van der Waals surface area contributed by atoms with Crippen LogP contribution in [0, 0.1) is 18.8 Å². The highest BCUT2D eigenvalue weighted by Gasteiger charge is 2.42. The molecule has 2 amide bonds. The van der Waals surface area contributed by atoms with Crippen molar-refractivity contribution < 1.29 is 14.4 Å². The number of benzene rings is 1. The van der Waals surface area contributed by atoms with E-state index in [1.807, 2.05) is 31.2 Å². The largest absolute Gasteiger partial charge is 0.352 e. The Morgan fingerprint density at radius 1 is 1.12 bits per heavy atom. The van der Waals surface area contributed by atoms with E-state index in [1.165, 1.54) is 5.56 Å². The molecule has 0 bridgehead atoms. The molecule has 1 aliphatic carbocycles. The summed E-state index contributed by atoms with van der Waals surface area (Å²) in [5, 5.41) is 2.98. The Labute approximate surface area is 148 Å². The van der Waals surface area contributed by atoms with E-state index in [1.54, 1.807) is 4.90 Å². The van der Waals surface area contributed by atoms with Gasteiger partial charge in [0.25, 0.3) is 0 Å². The van der Waals surface area contributed by atoms with Gasteiger partial charge in [0.2, 0.25) is 11.8 Å². The molecule has 1 aliphatic heterocycles. The highest BCUT2D eigenvalue weighted by molar-refractivity contribution is 5.89. The van der Waals surface area contributed by atoms with Crippen molar-refractivity contribution in [2.75, 3.05) is 6.54 Å². The van der Waals surface area contributed by atoms with Gasteiger partial charge in [-0.15, -0.1) is 0 Å². The number of aldehydes is 1. The van der Waals surface area contributed by atoms with E-state index in [-0.39, 0.29) is 29.7 Å². The van der Waals surface area contributed by atoms with Gasteiger partial charge in [-0.2, -0.15) is 0 Å². The summed E-state index contributed by atoms with van der Waals surface area (Å²) >= 11 is 0. The fraction of sp³-hybridized carbons (Fsp3) is 0.550. The number of amides is 2. The number of likely N-dealkylation sites (tertiary alicyclic amines) is 1. The van der Waals surface area contributed by atoms with Crippen molar-refractivity contribution in [2.24, 2.45) is 11.8 Å². The molecule has 25 heavy (non-hydrogen) atoms. The zero-order chi connectivity index (χ0) is 17.8. The van der Waals surface area contributed by atoms with E-state index in [0.717, 1.165) is 44.0 Å². The molecule has 1 heterocycles. The Morgan fingerprint density at radius 2 is 1.84 bits per heavy atom. The molecule has 0 spiro atoms. The van der Waals surface area contributed by atoms with Crippen molar-refractivity contribution in [1.29, 1.82) is 0 Å². The van der Waals surface area contributed by atoms with Gasteiger partial charge >= 0.3 is 0 Å². The van der Waals surface area contributed by atoms with Crippen LogP contribution in [0.1, 0.15) is 43.2 Å². The SMILES string of the molecule is Cc1ccc(CNC(=O)C2CCCC2C(=O)N2CCCC2C=O)cc1. The Kier molecular flexibility index (Phi) is 5.51. The van der Waals surface area contributed by atoms with Crippen LogP contribution < -0.4 is 5.32 Å². The molecular formula is C20H26N2O3. The molecule has 3 atom stereocenters. The summed E-state index contributed by atoms with van der Waals surface area (Å²) in [5.74, 6) is -0.606. The molecule has 3 unspecified atom stereocenters. The summed E-state index contributed by atoms with van der Waals surface area (Å²) in [6, 6.07) is 7.76. The summed E-state index contributed by atoms with van der Waals surface area (Å²) in [6.45, 7) is 3.15. The summed E-state index contributed by atoms with van der Waals surface area (Å²) < 4.78 is 0. The lowest BCUT2D eigenvalue weighted by Crippen LogP contribution is -2.44. The van der Waals surface area contributed by atoms with Crippen LogP contribution in [0.2, 0.25) is 0 Å². The van der Waals surface area contributed by atoms with E-state index >= 15 is 0 Å². The van der Waals surface area contributed by atoms with Crippen LogP contribution in [0.5, 0.6) is 0 Å². The Balaban J connectivity index is 1.60. The van der Waals surface area contributed by atoms with Crippen LogP contribution >= 0.6 is 0 Å². The number of hydrogen-bond acceptors (Lipinski definition) is 3. The lowest BCUT2D eigenvalue weighted by molar-refractivity contribution is -0.142. The van der Waals surface area contributed by atoms with Gasteiger partial charge < -0.3 is 15.0 Å². The predicted molar refractivity (Wildman–Crippen MR) is 94.7 cm³/mol. The molecule has 1 saturated carbocycles. The molecule has 3 rings (SSSR count). The molecule has 5 nitrogen and oxygen atoms in total. The number of nitrogens with one attached hydrogen (secondary N) is 1. The van der Waals surface area contributed by atoms with Gasteiger partial charge in [-0.1, -0.05) is 36.2 Å². The minimum absolute atomic E-state index is 0.0115. The molecule has 134 valence electrons. The Hall–Kier alpha value is -2.17. The van der Waals surface area contributed by atoms with E-state index in [0.29, 0.717) is 13.1 Å². The first-order chi connectivity index (χ1) is 12.1. The summed E-state index contributed by atoms with van der Waals surface area (Å²) in [7, 11) is 0. The first-order valence-electron chi connectivity index (χ1n) is 9.19. The van der Waals surface area contributed by atoms with Gasteiger partial charge in [-0.05, 0) is 38.2 Å². The molecule has 1 aromatic carbocycles. The van der Waals surface area contributed by atoms with E-state index in [9.17, 15) is 14.4 Å². The van der Waals surface area contributed by atoms with Gasteiger partial charge in [0.1, 0.15) is 6.29 Å². The maximum absolute atomic E-state index is 12.8. The van der Waals surface area contributed by atoms with Crippen LogP contribution in [0.15, 0.2) is 24.3 Å². The summed E-state index contributed by atoms with van der Waals surface area (Å²) in [4.78, 5) is 38.3. The monoisotopic (exact) mass is 342 g/mol. The second-order valence-electron chi connectivity index (χ2n) is 7.22. The van der Waals surface area contributed by atoms with Gasteiger partial charge in [-0.3, -0.25) is 9.59 Å². The van der Waals surface area contributed by atoms with Crippen molar-refractivity contribution >= 4 is 18.1 Å². The number of hydrogen-bond donors (Lipinski definition) is 1. The second-order valence-corrected chi connectivity index (χ2v) is 7.22. The normalized spacial score (nSPS) is 25.8. The van der Waals surface area contributed by atoms with Crippen LogP contribution in [0.25, 0.3) is 0 Å². The van der Waals surface area contributed by atoms with Crippen molar-refractivity contribution in [3.05, 3.63) is 35.4 Å². The summed E-state index contributed by atoms with van der Waals surface area (Å²) in [6.07, 6.45) is 4.85. The van der Waals surface area contributed by atoms with Crippen molar-refractivity contribution in [2.45, 2.75) is 51.6 Å².